The molecule has 0 aliphatic carbocycles. The molecule has 0 radical (unpaired) electrons. The van der Waals surface area contributed by atoms with Crippen LogP contribution in [0, 0.1) is 12.7 Å². The molecule has 2 rings (SSSR count). The molecule has 1 heterocycles. The van der Waals surface area contributed by atoms with Crippen molar-refractivity contribution in [2.75, 3.05) is 0 Å². The first-order chi connectivity index (χ1) is 8.08. The van der Waals surface area contributed by atoms with Crippen LogP contribution in [0.1, 0.15) is 11.4 Å². The van der Waals surface area contributed by atoms with Crippen molar-refractivity contribution in [1.82, 2.24) is 9.55 Å². The van der Waals surface area contributed by atoms with Gasteiger partial charge in [-0.3, -0.25) is 9.36 Å². The molecular formula is C12H10BrFN2O. The van der Waals surface area contributed by atoms with Gasteiger partial charge >= 0.3 is 0 Å². The smallest absolute Gasteiger partial charge is 0.268 e. The number of aryl methyl sites for hydroxylation is 1. The largest absolute Gasteiger partial charge is 0.291 e. The van der Waals surface area contributed by atoms with Crippen molar-refractivity contribution in [2.24, 2.45) is 0 Å². The second-order valence-corrected chi connectivity index (χ2v) is 4.53. The fourth-order valence-electron chi connectivity index (χ4n) is 1.55. The lowest BCUT2D eigenvalue weighted by Crippen LogP contribution is -2.24. The van der Waals surface area contributed by atoms with Gasteiger partial charge in [-0.1, -0.05) is 12.1 Å². The first-order valence-electron chi connectivity index (χ1n) is 5.04. The van der Waals surface area contributed by atoms with Gasteiger partial charge in [-0.05, 0) is 40.5 Å². The van der Waals surface area contributed by atoms with Crippen molar-refractivity contribution in [3.8, 4) is 0 Å². The molecule has 0 saturated carbocycles. The summed E-state index contributed by atoms with van der Waals surface area (Å²) in [5.74, 6) is 0.290. The van der Waals surface area contributed by atoms with Gasteiger partial charge in [0.15, 0.2) is 0 Å². The minimum Gasteiger partial charge on any atom is -0.291 e. The van der Waals surface area contributed by atoms with Crippen LogP contribution in [0.15, 0.2) is 39.7 Å². The van der Waals surface area contributed by atoms with Gasteiger partial charge in [-0.15, -0.1) is 0 Å². The monoisotopic (exact) mass is 296 g/mol. The van der Waals surface area contributed by atoms with Crippen molar-refractivity contribution < 1.29 is 4.39 Å². The van der Waals surface area contributed by atoms with E-state index in [0.717, 1.165) is 5.56 Å². The summed E-state index contributed by atoms with van der Waals surface area (Å²) in [4.78, 5) is 15.9. The molecule has 1 aromatic carbocycles. The number of aromatic nitrogens is 2. The molecule has 0 N–H and O–H groups in total. The molecule has 0 atom stereocenters. The summed E-state index contributed by atoms with van der Waals surface area (Å²) in [6.07, 6.45) is 1.47. The second-order valence-electron chi connectivity index (χ2n) is 3.67. The molecule has 1 aromatic heterocycles. The lowest BCUT2D eigenvalue weighted by atomic mass is 10.2. The van der Waals surface area contributed by atoms with Crippen LogP contribution in [0.25, 0.3) is 0 Å². The summed E-state index contributed by atoms with van der Waals surface area (Å²) in [6.45, 7) is 2.06. The number of hydrogen-bond donors (Lipinski definition) is 0. The Morgan fingerprint density at radius 2 is 2.24 bits per heavy atom. The SMILES string of the molecule is Cc1ncc(Br)c(=O)n1Cc1cccc(F)c1. The van der Waals surface area contributed by atoms with E-state index < -0.39 is 0 Å². The topological polar surface area (TPSA) is 34.9 Å². The van der Waals surface area contributed by atoms with E-state index in [-0.39, 0.29) is 11.4 Å². The minimum absolute atomic E-state index is 0.165. The first-order valence-corrected chi connectivity index (χ1v) is 5.83. The van der Waals surface area contributed by atoms with Gasteiger partial charge < -0.3 is 0 Å². The summed E-state index contributed by atoms with van der Waals surface area (Å²) < 4.78 is 14.9. The number of nitrogens with zero attached hydrogens (tertiary/aromatic N) is 2. The Balaban J connectivity index is 2.43. The van der Waals surface area contributed by atoms with Crippen molar-refractivity contribution in [3.63, 3.8) is 0 Å². The Bertz CT molecular complexity index is 610. The summed E-state index contributed by atoms with van der Waals surface area (Å²) >= 11 is 3.14. The number of hydrogen-bond acceptors (Lipinski definition) is 2. The van der Waals surface area contributed by atoms with Crippen molar-refractivity contribution >= 4 is 15.9 Å². The molecule has 0 spiro atoms. The highest BCUT2D eigenvalue weighted by Gasteiger charge is 2.06. The summed E-state index contributed by atoms with van der Waals surface area (Å²) in [6, 6.07) is 6.18. The summed E-state index contributed by atoms with van der Waals surface area (Å²) in [5, 5.41) is 0. The van der Waals surface area contributed by atoms with E-state index in [4.69, 9.17) is 0 Å². The van der Waals surface area contributed by atoms with Crippen LogP contribution in [0.5, 0.6) is 0 Å². The third-order valence-electron chi connectivity index (χ3n) is 2.43. The minimum atomic E-state index is -0.309. The molecule has 2 aromatic rings. The van der Waals surface area contributed by atoms with Crippen LogP contribution in [-0.2, 0) is 6.54 Å². The average Bonchev–Trinajstić information content (AvgIpc) is 2.30. The third-order valence-corrected chi connectivity index (χ3v) is 2.98. The molecule has 5 heteroatoms. The Hall–Kier alpha value is -1.49. The van der Waals surface area contributed by atoms with Crippen molar-refractivity contribution in [2.45, 2.75) is 13.5 Å². The standard InChI is InChI=1S/C12H10BrFN2O/c1-8-15-6-11(13)12(17)16(8)7-9-3-2-4-10(14)5-9/h2-6H,7H2,1H3. The predicted molar refractivity (Wildman–Crippen MR) is 66.4 cm³/mol. The molecule has 88 valence electrons. The fraction of sp³-hybridized carbons (Fsp3) is 0.167. The Morgan fingerprint density at radius 1 is 1.47 bits per heavy atom. The molecule has 0 bridgehead atoms. The highest BCUT2D eigenvalue weighted by Crippen LogP contribution is 2.07. The van der Waals surface area contributed by atoms with E-state index in [1.165, 1.54) is 22.9 Å². The van der Waals surface area contributed by atoms with Gasteiger partial charge in [0.2, 0.25) is 0 Å². The number of benzene rings is 1. The second kappa shape index (κ2) is 4.79. The van der Waals surface area contributed by atoms with Crippen LogP contribution < -0.4 is 5.56 Å². The van der Waals surface area contributed by atoms with E-state index in [1.54, 1.807) is 19.1 Å². The molecule has 3 nitrogen and oxygen atoms in total. The van der Waals surface area contributed by atoms with E-state index in [1.807, 2.05) is 0 Å². The zero-order valence-electron chi connectivity index (χ0n) is 9.15. The first kappa shape index (κ1) is 12.0. The third kappa shape index (κ3) is 2.61. The van der Waals surface area contributed by atoms with Gasteiger partial charge in [0, 0.05) is 6.20 Å². The van der Waals surface area contributed by atoms with Gasteiger partial charge in [0.1, 0.15) is 16.1 Å². The lowest BCUT2D eigenvalue weighted by Gasteiger charge is -2.09. The van der Waals surface area contributed by atoms with Gasteiger partial charge in [0.25, 0.3) is 5.56 Å². The van der Waals surface area contributed by atoms with E-state index in [0.29, 0.717) is 16.8 Å². The highest BCUT2D eigenvalue weighted by molar-refractivity contribution is 9.10. The Kier molecular flexibility index (Phi) is 3.38. The molecule has 0 saturated heterocycles. The van der Waals surface area contributed by atoms with Crippen LogP contribution in [0.2, 0.25) is 0 Å². The van der Waals surface area contributed by atoms with E-state index in [9.17, 15) is 9.18 Å². The molecule has 0 aliphatic heterocycles. The van der Waals surface area contributed by atoms with E-state index >= 15 is 0 Å². The zero-order valence-corrected chi connectivity index (χ0v) is 10.7. The maximum absolute atomic E-state index is 13.0. The average molecular weight is 297 g/mol. The number of rotatable bonds is 2. The summed E-state index contributed by atoms with van der Waals surface area (Å²) in [5.41, 5.74) is 0.567. The quantitative estimate of drug-likeness (QED) is 0.853. The summed E-state index contributed by atoms with van der Waals surface area (Å²) in [7, 11) is 0. The van der Waals surface area contributed by atoms with E-state index in [2.05, 4.69) is 20.9 Å². The molecule has 0 fully saturated rings. The molecule has 0 unspecified atom stereocenters. The Morgan fingerprint density at radius 3 is 2.94 bits per heavy atom. The van der Waals surface area contributed by atoms with Gasteiger partial charge in [-0.25, -0.2) is 9.37 Å². The molecule has 0 aliphatic rings. The van der Waals surface area contributed by atoms with Crippen molar-refractivity contribution in [1.29, 1.82) is 0 Å². The van der Waals surface area contributed by atoms with Crippen molar-refractivity contribution in [3.05, 3.63) is 62.5 Å². The Labute approximate surface area is 106 Å². The van der Waals surface area contributed by atoms with Crippen LogP contribution in [0.3, 0.4) is 0 Å². The predicted octanol–water partition coefficient (Wildman–Crippen LogP) is 2.50. The molecule has 0 amide bonds. The van der Waals surface area contributed by atoms with Crippen LogP contribution in [-0.4, -0.2) is 9.55 Å². The van der Waals surface area contributed by atoms with Crippen LogP contribution >= 0.6 is 15.9 Å². The molecular weight excluding hydrogens is 287 g/mol. The molecule has 17 heavy (non-hydrogen) atoms. The van der Waals surface area contributed by atoms with Gasteiger partial charge in [-0.2, -0.15) is 0 Å². The van der Waals surface area contributed by atoms with Gasteiger partial charge in [0.05, 0.1) is 6.54 Å². The lowest BCUT2D eigenvalue weighted by molar-refractivity contribution is 0.620. The zero-order chi connectivity index (χ0) is 12.4. The van der Waals surface area contributed by atoms with Crippen LogP contribution in [0.4, 0.5) is 4.39 Å². The maximum atomic E-state index is 13.0. The maximum Gasteiger partial charge on any atom is 0.268 e. The fourth-order valence-corrected chi connectivity index (χ4v) is 1.87. The number of halogens is 2. The highest BCUT2D eigenvalue weighted by atomic mass is 79.9. The normalized spacial score (nSPS) is 10.5.